The Kier molecular flexibility index (Phi) is 5.34. The summed E-state index contributed by atoms with van der Waals surface area (Å²) >= 11 is 0. The molecule has 0 saturated heterocycles. The molecule has 1 N–H and O–H groups in total. The lowest BCUT2D eigenvalue weighted by Gasteiger charge is -2.34. The maximum atomic E-state index is 14.0. The molecule has 2 aromatic rings. The Morgan fingerprint density at radius 1 is 1.24 bits per heavy atom. The Labute approximate surface area is 164 Å². The summed E-state index contributed by atoms with van der Waals surface area (Å²) in [4.78, 5) is 29.0. The van der Waals surface area contributed by atoms with Crippen molar-refractivity contribution < 1.29 is 32.3 Å². The predicted octanol–water partition coefficient (Wildman–Crippen LogP) is 4.48. The molecule has 5 nitrogen and oxygen atoms in total. The van der Waals surface area contributed by atoms with E-state index in [0.29, 0.717) is 24.0 Å². The zero-order valence-electron chi connectivity index (χ0n) is 15.6. The average molecular weight is 410 g/mol. The van der Waals surface area contributed by atoms with Gasteiger partial charge in [0.1, 0.15) is 5.82 Å². The number of hydrogen-bond acceptors (Lipinski definition) is 3. The van der Waals surface area contributed by atoms with E-state index in [2.05, 4.69) is 4.98 Å². The van der Waals surface area contributed by atoms with E-state index in [1.165, 1.54) is 17.0 Å². The molecule has 0 bridgehead atoms. The quantitative estimate of drug-likeness (QED) is 0.755. The molecule has 1 aliphatic rings. The van der Waals surface area contributed by atoms with E-state index >= 15 is 0 Å². The Balaban J connectivity index is 2.08. The molecule has 3 rings (SSSR count). The summed E-state index contributed by atoms with van der Waals surface area (Å²) in [7, 11) is 0. The molecule has 1 aromatic heterocycles. The number of pyridine rings is 1. The van der Waals surface area contributed by atoms with Crippen LogP contribution in [0.2, 0.25) is 0 Å². The van der Waals surface area contributed by atoms with Gasteiger partial charge in [-0.2, -0.15) is 13.2 Å². The Morgan fingerprint density at radius 2 is 1.93 bits per heavy atom. The molecule has 9 heteroatoms. The highest BCUT2D eigenvalue weighted by atomic mass is 19.4. The summed E-state index contributed by atoms with van der Waals surface area (Å²) < 4.78 is 54.0. The summed E-state index contributed by atoms with van der Waals surface area (Å²) in [5, 5.41) is 9.19. The van der Waals surface area contributed by atoms with Crippen molar-refractivity contribution in [2.24, 2.45) is 0 Å². The zero-order chi connectivity index (χ0) is 21.5. The molecule has 0 spiro atoms. The minimum absolute atomic E-state index is 0.351. The second kappa shape index (κ2) is 7.46. The molecule has 0 radical (unpaired) electrons. The molecule has 1 amide bonds. The minimum Gasteiger partial charge on any atom is -0.478 e. The van der Waals surface area contributed by atoms with Gasteiger partial charge in [0.05, 0.1) is 17.2 Å². The number of carboxylic acids is 1. The van der Waals surface area contributed by atoms with E-state index in [0.717, 1.165) is 18.3 Å². The number of alkyl halides is 3. The molecular formula is C20H18F4N2O3. The topological polar surface area (TPSA) is 70.5 Å². The average Bonchev–Trinajstić information content (AvgIpc) is 3.02. The first kappa shape index (κ1) is 20.8. The number of amides is 1. The number of carbonyl (C=O) groups is 2. The Bertz CT molecular complexity index is 973. The highest BCUT2D eigenvalue weighted by Crippen LogP contribution is 2.40. The van der Waals surface area contributed by atoms with Gasteiger partial charge in [-0.3, -0.25) is 9.78 Å². The van der Waals surface area contributed by atoms with Gasteiger partial charge in [0.25, 0.3) is 5.91 Å². The molecule has 154 valence electrons. The molecule has 29 heavy (non-hydrogen) atoms. The number of carbonyl (C=O) groups excluding carboxylic acids is 1. The third kappa shape index (κ3) is 3.81. The third-order valence-electron chi connectivity index (χ3n) is 4.94. The highest BCUT2D eigenvalue weighted by Gasteiger charge is 2.41. The number of rotatable bonds is 4. The molecule has 1 heterocycles. The monoisotopic (exact) mass is 410 g/mol. The standard InChI is InChI=1S/C20H18F4N2O3/c1-10(2)26(18(27)12-4-3-7-25-17(12)20(22,23)24)16-6-5-11-8-15(21)14(19(28)29)9-13(11)16/h3-4,7-10,16H,5-6H2,1-2H3,(H,28,29). The lowest BCUT2D eigenvalue weighted by atomic mass is 10.0. The number of aryl methyl sites for hydroxylation is 1. The molecule has 1 aliphatic carbocycles. The van der Waals surface area contributed by atoms with Gasteiger partial charge in [-0.25, -0.2) is 9.18 Å². The van der Waals surface area contributed by atoms with Crippen molar-refractivity contribution in [3.8, 4) is 0 Å². The third-order valence-corrected chi connectivity index (χ3v) is 4.94. The smallest absolute Gasteiger partial charge is 0.434 e. The number of aromatic nitrogens is 1. The number of hydrogen-bond donors (Lipinski definition) is 1. The van der Waals surface area contributed by atoms with Crippen molar-refractivity contribution >= 4 is 11.9 Å². The second-order valence-corrected chi connectivity index (χ2v) is 7.09. The van der Waals surface area contributed by atoms with Crippen molar-refractivity contribution in [3.63, 3.8) is 0 Å². The van der Waals surface area contributed by atoms with Crippen molar-refractivity contribution in [1.29, 1.82) is 0 Å². The number of fused-ring (bicyclic) bond motifs is 1. The first-order chi connectivity index (χ1) is 13.5. The van der Waals surface area contributed by atoms with Gasteiger partial charge in [0, 0.05) is 12.2 Å². The molecule has 1 atom stereocenters. The van der Waals surface area contributed by atoms with E-state index in [1.807, 2.05) is 0 Å². The van der Waals surface area contributed by atoms with Crippen LogP contribution in [0.15, 0.2) is 30.5 Å². The van der Waals surface area contributed by atoms with Crippen LogP contribution in [0.4, 0.5) is 17.6 Å². The van der Waals surface area contributed by atoms with Gasteiger partial charge in [0.15, 0.2) is 5.69 Å². The highest BCUT2D eigenvalue weighted by molar-refractivity contribution is 5.96. The Morgan fingerprint density at radius 3 is 2.52 bits per heavy atom. The number of aromatic carboxylic acids is 1. The first-order valence-corrected chi connectivity index (χ1v) is 8.92. The fraction of sp³-hybridized carbons (Fsp3) is 0.350. The largest absolute Gasteiger partial charge is 0.478 e. The van der Waals surface area contributed by atoms with Crippen LogP contribution in [-0.2, 0) is 12.6 Å². The molecular weight excluding hydrogens is 392 g/mol. The van der Waals surface area contributed by atoms with Crippen molar-refractivity contribution in [2.75, 3.05) is 0 Å². The molecule has 0 saturated carbocycles. The number of benzene rings is 1. The summed E-state index contributed by atoms with van der Waals surface area (Å²) in [5.74, 6) is -3.20. The van der Waals surface area contributed by atoms with Crippen molar-refractivity contribution in [2.45, 2.75) is 44.9 Å². The van der Waals surface area contributed by atoms with Crippen LogP contribution in [-0.4, -0.2) is 32.9 Å². The van der Waals surface area contributed by atoms with E-state index < -0.39 is 52.8 Å². The van der Waals surface area contributed by atoms with Crippen LogP contribution in [0.3, 0.4) is 0 Å². The van der Waals surface area contributed by atoms with Crippen LogP contribution in [0, 0.1) is 5.82 Å². The molecule has 0 fully saturated rings. The van der Waals surface area contributed by atoms with Crippen LogP contribution < -0.4 is 0 Å². The summed E-state index contributed by atoms with van der Waals surface area (Å²) in [5.41, 5.74) is -1.42. The number of halogens is 4. The van der Waals surface area contributed by atoms with Crippen LogP contribution in [0.5, 0.6) is 0 Å². The van der Waals surface area contributed by atoms with Gasteiger partial charge in [-0.15, -0.1) is 0 Å². The van der Waals surface area contributed by atoms with Crippen molar-refractivity contribution in [3.05, 3.63) is 64.2 Å². The van der Waals surface area contributed by atoms with Gasteiger partial charge in [-0.05, 0) is 62.1 Å². The van der Waals surface area contributed by atoms with Crippen LogP contribution in [0.25, 0.3) is 0 Å². The number of carboxylic acid groups (broad SMARTS) is 1. The summed E-state index contributed by atoms with van der Waals surface area (Å²) in [6, 6.07) is 3.45. The SMILES string of the molecule is CC(C)N(C(=O)c1cccnc1C(F)(F)F)C1CCc2cc(F)c(C(=O)O)cc21. The van der Waals surface area contributed by atoms with E-state index in [9.17, 15) is 32.3 Å². The lowest BCUT2D eigenvalue weighted by Crippen LogP contribution is -2.40. The summed E-state index contributed by atoms with van der Waals surface area (Å²) in [6.07, 6.45) is -3.11. The minimum atomic E-state index is -4.80. The normalized spacial score (nSPS) is 16.0. The lowest BCUT2D eigenvalue weighted by molar-refractivity contribution is -0.141. The number of nitrogens with zero attached hydrogens (tertiary/aromatic N) is 2. The zero-order valence-corrected chi connectivity index (χ0v) is 15.6. The maximum absolute atomic E-state index is 14.0. The fourth-order valence-corrected chi connectivity index (χ4v) is 3.74. The van der Waals surface area contributed by atoms with E-state index in [-0.39, 0.29) is 0 Å². The second-order valence-electron chi connectivity index (χ2n) is 7.09. The predicted molar refractivity (Wildman–Crippen MR) is 95.0 cm³/mol. The van der Waals surface area contributed by atoms with Gasteiger partial charge >= 0.3 is 12.1 Å². The molecule has 0 aliphatic heterocycles. The Hall–Kier alpha value is -2.97. The molecule has 1 aromatic carbocycles. The molecule has 1 unspecified atom stereocenters. The van der Waals surface area contributed by atoms with Gasteiger partial charge in [-0.1, -0.05) is 0 Å². The van der Waals surface area contributed by atoms with E-state index in [1.54, 1.807) is 13.8 Å². The van der Waals surface area contributed by atoms with E-state index in [4.69, 9.17) is 0 Å². The van der Waals surface area contributed by atoms with Crippen molar-refractivity contribution in [1.82, 2.24) is 9.88 Å². The van der Waals surface area contributed by atoms with Crippen LogP contribution >= 0.6 is 0 Å². The fourth-order valence-electron chi connectivity index (χ4n) is 3.74. The van der Waals surface area contributed by atoms with Crippen LogP contribution in [0.1, 0.15) is 63.8 Å². The maximum Gasteiger partial charge on any atom is 0.434 e. The summed E-state index contributed by atoms with van der Waals surface area (Å²) in [6.45, 7) is 3.31. The first-order valence-electron chi connectivity index (χ1n) is 8.92. The van der Waals surface area contributed by atoms with Gasteiger partial charge < -0.3 is 10.0 Å². The van der Waals surface area contributed by atoms with Gasteiger partial charge in [0.2, 0.25) is 0 Å².